The maximum atomic E-state index is 12.5. The van der Waals surface area contributed by atoms with Gasteiger partial charge < -0.3 is 10.6 Å². The minimum atomic E-state index is -3.72. The van der Waals surface area contributed by atoms with Gasteiger partial charge in [-0.3, -0.25) is 4.72 Å². The molecule has 1 heterocycles. The molecule has 152 valence electrons. The number of fused-ring (bicyclic) bond motifs is 1. The summed E-state index contributed by atoms with van der Waals surface area (Å²) >= 11 is 7.22. The Morgan fingerprint density at radius 3 is 2.43 bits per heavy atom. The molecule has 0 radical (unpaired) electrons. The highest BCUT2D eigenvalue weighted by molar-refractivity contribution is 7.93. The van der Waals surface area contributed by atoms with E-state index in [-0.39, 0.29) is 10.0 Å². The van der Waals surface area contributed by atoms with E-state index in [0.717, 1.165) is 4.70 Å². The van der Waals surface area contributed by atoms with Crippen molar-refractivity contribution in [1.82, 2.24) is 4.98 Å². The molecule has 0 aliphatic heterocycles. The van der Waals surface area contributed by atoms with Gasteiger partial charge in [0, 0.05) is 5.69 Å². The molecule has 0 unspecified atom stereocenters. The third-order valence-corrected chi connectivity index (χ3v) is 6.79. The summed E-state index contributed by atoms with van der Waals surface area (Å²) in [6.45, 7) is 0. The zero-order valence-electron chi connectivity index (χ0n) is 15.3. The number of urea groups is 1. The number of thiazole rings is 1. The van der Waals surface area contributed by atoms with Gasteiger partial charge in [-0.25, -0.2) is 18.2 Å². The van der Waals surface area contributed by atoms with Gasteiger partial charge in [-0.1, -0.05) is 53.3 Å². The topological polar surface area (TPSA) is 100 Å². The first kappa shape index (κ1) is 20.1. The Bertz CT molecular complexity index is 1320. The van der Waals surface area contributed by atoms with Crippen LogP contribution in [0.4, 0.5) is 21.3 Å². The van der Waals surface area contributed by atoms with Crippen LogP contribution in [0.2, 0.25) is 5.02 Å². The van der Waals surface area contributed by atoms with Crippen molar-refractivity contribution in [3.8, 4) is 0 Å². The van der Waals surface area contributed by atoms with Crippen molar-refractivity contribution in [2.75, 3.05) is 15.4 Å². The number of para-hydroxylation sites is 1. The Kier molecular flexibility index (Phi) is 5.58. The summed E-state index contributed by atoms with van der Waals surface area (Å²) in [5, 5.41) is 6.07. The number of aromatic nitrogens is 1. The van der Waals surface area contributed by atoms with E-state index in [0.29, 0.717) is 21.9 Å². The van der Waals surface area contributed by atoms with Gasteiger partial charge in [0.2, 0.25) is 0 Å². The molecule has 4 rings (SSSR count). The molecule has 3 aromatic carbocycles. The zero-order chi connectivity index (χ0) is 21.1. The maximum Gasteiger partial charge on any atom is 0.323 e. The number of nitrogens with one attached hydrogen (secondary N) is 3. The lowest BCUT2D eigenvalue weighted by Gasteiger charge is -2.08. The molecule has 0 saturated carbocycles. The van der Waals surface area contributed by atoms with Crippen LogP contribution in [0.15, 0.2) is 77.7 Å². The van der Waals surface area contributed by atoms with E-state index in [1.807, 2.05) is 0 Å². The first-order valence-electron chi connectivity index (χ1n) is 8.72. The molecule has 7 nitrogen and oxygen atoms in total. The van der Waals surface area contributed by atoms with Crippen molar-refractivity contribution >= 4 is 65.7 Å². The van der Waals surface area contributed by atoms with E-state index in [2.05, 4.69) is 20.3 Å². The number of nitrogens with zero attached hydrogens (tertiary/aromatic N) is 1. The van der Waals surface area contributed by atoms with Crippen LogP contribution in [0.3, 0.4) is 0 Å². The molecule has 30 heavy (non-hydrogen) atoms. The number of rotatable bonds is 5. The highest BCUT2D eigenvalue weighted by Crippen LogP contribution is 2.30. The van der Waals surface area contributed by atoms with E-state index in [9.17, 15) is 13.2 Å². The number of halogens is 1. The van der Waals surface area contributed by atoms with Gasteiger partial charge in [-0.2, -0.15) is 0 Å². The van der Waals surface area contributed by atoms with E-state index in [1.54, 1.807) is 60.7 Å². The van der Waals surface area contributed by atoms with Crippen molar-refractivity contribution in [3.05, 3.63) is 77.8 Å². The molecule has 0 saturated heterocycles. The lowest BCUT2D eigenvalue weighted by molar-refractivity contribution is 0.262. The van der Waals surface area contributed by atoms with Crippen molar-refractivity contribution in [2.24, 2.45) is 0 Å². The summed E-state index contributed by atoms with van der Waals surface area (Å²) in [6.07, 6.45) is 0. The monoisotopic (exact) mass is 458 g/mol. The molecule has 0 aliphatic rings. The van der Waals surface area contributed by atoms with Gasteiger partial charge in [0.1, 0.15) is 0 Å². The molecule has 0 spiro atoms. The molecular weight excluding hydrogens is 444 g/mol. The number of amides is 2. The van der Waals surface area contributed by atoms with Crippen molar-refractivity contribution in [3.63, 3.8) is 0 Å². The average Bonchev–Trinajstić information content (AvgIpc) is 3.11. The molecule has 4 aromatic rings. The first-order chi connectivity index (χ1) is 14.4. The fraction of sp³-hybridized carbons (Fsp3) is 0. The van der Waals surface area contributed by atoms with Crippen molar-refractivity contribution < 1.29 is 13.2 Å². The number of sulfonamides is 1. The van der Waals surface area contributed by atoms with Gasteiger partial charge in [-0.05, 0) is 42.5 Å². The lowest BCUT2D eigenvalue weighted by Crippen LogP contribution is -2.19. The Balaban J connectivity index is 1.50. The van der Waals surface area contributed by atoms with Gasteiger partial charge >= 0.3 is 6.03 Å². The minimum absolute atomic E-state index is 0.155. The van der Waals surface area contributed by atoms with E-state index >= 15 is 0 Å². The van der Waals surface area contributed by atoms with Crippen molar-refractivity contribution in [1.29, 1.82) is 0 Å². The molecule has 0 atom stereocenters. The molecule has 0 fully saturated rings. The van der Waals surface area contributed by atoms with Crippen LogP contribution >= 0.6 is 22.9 Å². The second-order valence-corrected chi connectivity index (χ2v) is 9.30. The SMILES string of the molecule is O=C(Nc1ccc2nc(NS(=O)(=O)c3ccccc3)sc2c1)Nc1ccccc1Cl. The van der Waals surface area contributed by atoms with Crippen LogP contribution in [0, 0.1) is 0 Å². The van der Waals surface area contributed by atoms with Crippen LogP contribution in [-0.4, -0.2) is 19.4 Å². The third-order valence-electron chi connectivity index (χ3n) is 4.04. The lowest BCUT2D eigenvalue weighted by atomic mass is 10.3. The molecule has 0 aliphatic carbocycles. The summed E-state index contributed by atoms with van der Waals surface area (Å²) in [7, 11) is -3.72. The summed E-state index contributed by atoms with van der Waals surface area (Å²) in [6, 6.07) is 19.6. The molecule has 10 heteroatoms. The molecule has 0 bridgehead atoms. The van der Waals surface area contributed by atoms with E-state index in [4.69, 9.17) is 11.6 Å². The predicted molar refractivity (Wildman–Crippen MR) is 121 cm³/mol. The molecular formula is C20H15ClN4O3S2. The number of anilines is 3. The highest BCUT2D eigenvalue weighted by atomic mass is 35.5. The predicted octanol–water partition coefficient (Wildman–Crippen LogP) is 5.39. The number of carbonyl (C=O) groups is 1. The summed E-state index contributed by atoms with van der Waals surface area (Å²) in [5.74, 6) is 0. The normalized spacial score (nSPS) is 11.2. The van der Waals surface area contributed by atoms with Crippen molar-refractivity contribution in [2.45, 2.75) is 4.90 Å². The highest BCUT2D eigenvalue weighted by Gasteiger charge is 2.16. The van der Waals surface area contributed by atoms with Gasteiger partial charge in [0.15, 0.2) is 5.13 Å². The number of hydrogen-bond acceptors (Lipinski definition) is 5. The van der Waals surface area contributed by atoms with Crippen LogP contribution < -0.4 is 15.4 Å². The summed E-state index contributed by atoms with van der Waals surface area (Å²) in [5.41, 5.74) is 1.64. The largest absolute Gasteiger partial charge is 0.323 e. The second-order valence-electron chi connectivity index (χ2n) is 6.18. The summed E-state index contributed by atoms with van der Waals surface area (Å²) < 4.78 is 28.1. The Morgan fingerprint density at radius 1 is 0.933 bits per heavy atom. The number of carbonyl (C=O) groups excluding carboxylic acids is 1. The van der Waals surface area contributed by atoms with Gasteiger partial charge in [0.05, 0.1) is 25.8 Å². The Labute approximate surface area is 181 Å². The smallest absolute Gasteiger partial charge is 0.308 e. The zero-order valence-corrected chi connectivity index (χ0v) is 17.7. The average molecular weight is 459 g/mol. The quantitative estimate of drug-likeness (QED) is 0.373. The number of hydrogen-bond donors (Lipinski definition) is 3. The van der Waals surface area contributed by atoms with E-state index < -0.39 is 16.1 Å². The standard InChI is InChI=1S/C20H15ClN4O3S2/c21-15-8-4-5-9-16(15)23-19(26)22-13-10-11-17-18(12-13)29-20(24-17)25-30(27,28)14-6-2-1-3-7-14/h1-12H,(H,24,25)(H2,22,23,26). The summed E-state index contributed by atoms with van der Waals surface area (Å²) in [4.78, 5) is 16.7. The van der Waals surface area contributed by atoms with E-state index in [1.165, 1.54) is 23.5 Å². The van der Waals surface area contributed by atoms with Crippen LogP contribution in [0.5, 0.6) is 0 Å². The minimum Gasteiger partial charge on any atom is -0.308 e. The maximum absolute atomic E-state index is 12.5. The second kappa shape index (κ2) is 8.31. The molecule has 2 amide bonds. The van der Waals surface area contributed by atoms with Gasteiger partial charge in [0.25, 0.3) is 10.0 Å². The van der Waals surface area contributed by atoms with Crippen LogP contribution in [-0.2, 0) is 10.0 Å². The van der Waals surface area contributed by atoms with Crippen LogP contribution in [0.25, 0.3) is 10.2 Å². The Morgan fingerprint density at radius 2 is 1.67 bits per heavy atom. The molecule has 3 N–H and O–H groups in total. The third kappa shape index (κ3) is 4.54. The van der Waals surface area contributed by atoms with Gasteiger partial charge in [-0.15, -0.1) is 0 Å². The fourth-order valence-electron chi connectivity index (χ4n) is 2.67. The fourth-order valence-corrected chi connectivity index (χ4v) is 5.01. The van der Waals surface area contributed by atoms with Crippen LogP contribution in [0.1, 0.15) is 0 Å². The number of benzene rings is 3. The first-order valence-corrected chi connectivity index (χ1v) is 11.4. The molecule has 1 aromatic heterocycles. The Hall–Kier alpha value is -3.14.